The molecular formula is C18H36O3. The van der Waals surface area contributed by atoms with E-state index in [4.69, 9.17) is 9.84 Å². The van der Waals surface area contributed by atoms with Crippen molar-refractivity contribution in [2.75, 3.05) is 13.2 Å². The lowest BCUT2D eigenvalue weighted by molar-refractivity contribution is -0.143. The first-order chi connectivity index (χ1) is 10.3. The molecule has 0 heterocycles. The highest BCUT2D eigenvalue weighted by atomic mass is 16.5. The second-order valence-electron chi connectivity index (χ2n) is 5.94. The van der Waals surface area contributed by atoms with Crippen LogP contribution in [0.2, 0.25) is 0 Å². The van der Waals surface area contributed by atoms with Gasteiger partial charge < -0.3 is 9.84 Å². The molecule has 0 aromatic heterocycles. The zero-order chi connectivity index (χ0) is 15.6. The van der Waals surface area contributed by atoms with Crippen molar-refractivity contribution in [2.45, 2.75) is 96.8 Å². The Morgan fingerprint density at radius 1 is 0.762 bits per heavy atom. The number of carbonyl (C=O) groups is 1. The second-order valence-corrected chi connectivity index (χ2v) is 5.94. The zero-order valence-electron chi connectivity index (χ0n) is 14.1. The molecule has 0 atom stereocenters. The predicted molar refractivity (Wildman–Crippen MR) is 88.4 cm³/mol. The molecule has 1 N–H and O–H groups in total. The van der Waals surface area contributed by atoms with E-state index in [2.05, 4.69) is 6.92 Å². The van der Waals surface area contributed by atoms with Crippen molar-refractivity contribution in [1.82, 2.24) is 0 Å². The fourth-order valence-corrected chi connectivity index (χ4v) is 2.41. The molecule has 0 aliphatic rings. The van der Waals surface area contributed by atoms with Crippen LogP contribution in [-0.2, 0) is 9.53 Å². The Morgan fingerprint density at radius 2 is 1.29 bits per heavy atom. The summed E-state index contributed by atoms with van der Waals surface area (Å²) >= 11 is 0. The van der Waals surface area contributed by atoms with Gasteiger partial charge in [0.1, 0.15) is 0 Å². The largest absolute Gasteiger partial charge is 0.466 e. The van der Waals surface area contributed by atoms with Gasteiger partial charge in [0.2, 0.25) is 0 Å². The molecule has 21 heavy (non-hydrogen) atoms. The van der Waals surface area contributed by atoms with Crippen molar-refractivity contribution in [3.63, 3.8) is 0 Å². The molecule has 3 nitrogen and oxygen atoms in total. The second kappa shape index (κ2) is 17.5. The molecule has 3 heteroatoms. The summed E-state index contributed by atoms with van der Waals surface area (Å²) in [6.07, 6.45) is 15.7. The molecule has 0 aromatic rings. The number of hydrogen-bond donors (Lipinski definition) is 1. The standard InChI is InChI=1S/C18H36O3/c1-2-3-4-5-9-12-15-18(20)21-17-14-11-8-6-7-10-13-16-19/h19H,2-17H2,1H3. The first-order valence-corrected chi connectivity index (χ1v) is 9.07. The molecule has 0 saturated heterocycles. The van der Waals surface area contributed by atoms with Crippen molar-refractivity contribution in [1.29, 1.82) is 0 Å². The van der Waals surface area contributed by atoms with Crippen LogP contribution >= 0.6 is 0 Å². The van der Waals surface area contributed by atoms with Gasteiger partial charge in [0.05, 0.1) is 6.61 Å². The maximum Gasteiger partial charge on any atom is 0.305 e. The smallest absolute Gasteiger partial charge is 0.305 e. The zero-order valence-corrected chi connectivity index (χ0v) is 14.1. The van der Waals surface area contributed by atoms with Gasteiger partial charge in [0.25, 0.3) is 0 Å². The fourth-order valence-electron chi connectivity index (χ4n) is 2.41. The molecule has 0 saturated carbocycles. The molecule has 0 aromatic carbocycles. The minimum absolute atomic E-state index is 0.0200. The van der Waals surface area contributed by atoms with Crippen LogP contribution in [0.5, 0.6) is 0 Å². The summed E-state index contributed by atoms with van der Waals surface area (Å²) in [5.74, 6) is -0.0200. The van der Waals surface area contributed by atoms with Crippen molar-refractivity contribution in [3.8, 4) is 0 Å². The van der Waals surface area contributed by atoms with E-state index in [0.717, 1.165) is 38.5 Å². The molecule has 0 spiro atoms. The minimum Gasteiger partial charge on any atom is -0.466 e. The van der Waals surface area contributed by atoms with Crippen LogP contribution in [0.15, 0.2) is 0 Å². The van der Waals surface area contributed by atoms with E-state index in [1.54, 1.807) is 0 Å². The molecule has 0 bridgehead atoms. The molecule has 0 amide bonds. The van der Waals surface area contributed by atoms with Crippen LogP contribution in [0.1, 0.15) is 96.8 Å². The Morgan fingerprint density at radius 3 is 1.90 bits per heavy atom. The van der Waals surface area contributed by atoms with E-state index < -0.39 is 0 Å². The maximum atomic E-state index is 11.5. The molecule has 0 aliphatic heterocycles. The fraction of sp³-hybridized carbons (Fsp3) is 0.944. The summed E-state index contributed by atoms with van der Waals surface area (Å²) in [6, 6.07) is 0. The quantitative estimate of drug-likeness (QED) is 0.322. The maximum absolute atomic E-state index is 11.5. The first kappa shape index (κ1) is 20.4. The number of carbonyl (C=O) groups excluding carboxylic acids is 1. The Hall–Kier alpha value is -0.570. The molecule has 0 radical (unpaired) electrons. The van der Waals surface area contributed by atoms with Gasteiger partial charge in [-0.25, -0.2) is 0 Å². The number of esters is 1. The monoisotopic (exact) mass is 300 g/mol. The van der Waals surface area contributed by atoms with Crippen molar-refractivity contribution in [3.05, 3.63) is 0 Å². The van der Waals surface area contributed by atoms with Gasteiger partial charge in [-0.3, -0.25) is 4.79 Å². The summed E-state index contributed by atoms with van der Waals surface area (Å²) in [5.41, 5.74) is 0. The molecule has 0 fully saturated rings. The van der Waals surface area contributed by atoms with Crippen molar-refractivity contribution in [2.24, 2.45) is 0 Å². The Kier molecular flexibility index (Phi) is 17.0. The molecule has 0 aliphatic carbocycles. The van der Waals surface area contributed by atoms with Crippen LogP contribution < -0.4 is 0 Å². The highest BCUT2D eigenvalue weighted by molar-refractivity contribution is 5.69. The van der Waals surface area contributed by atoms with Crippen LogP contribution in [-0.4, -0.2) is 24.3 Å². The van der Waals surface area contributed by atoms with Gasteiger partial charge in [-0.15, -0.1) is 0 Å². The van der Waals surface area contributed by atoms with Crippen molar-refractivity contribution >= 4 is 5.97 Å². The van der Waals surface area contributed by atoms with E-state index in [9.17, 15) is 4.79 Å². The Balaban J connectivity index is 3.12. The number of hydrogen-bond acceptors (Lipinski definition) is 3. The highest BCUT2D eigenvalue weighted by Gasteiger charge is 2.02. The number of aliphatic hydroxyl groups excluding tert-OH is 1. The van der Waals surface area contributed by atoms with Gasteiger partial charge in [0.15, 0.2) is 0 Å². The summed E-state index contributed by atoms with van der Waals surface area (Å²) in [7, 11) is 0. The summed E-state index contributed by atoms with van der Waals surface area (Å²) in [4.78, 5) is 11.5. The molecular weight excluding hydrogens is 264 g/mol. The number of ether oxygens (including phenoxy) is 1. The number of rotatable bonds is 16. The lowest BCUT2D eigenvalue weighted by atomic mass is 10.1. The Bertz CT molecular complexity index is 217. The van der Waals surface area contributed by atoms with E-state index in [-0.39, 0.29) is 5.97 Å². The van der Waals surface area contributed by atoms with Gasteiger partial charge in [-0.2, -0.15) is 0 Å². The summed E-state index contributed by atoms with van der Waals surface area (Å²) < 4.78 is 5.24. The van der Waals surface area contributed by atoms with Crippen molar-refractivity contribution < 1.29 is 14.6 Å². The van der Waals surface area contributed by atoms with Gasteiger partial charge in [-0.05, 0) is 19.3 Å². The van der Waals surface area contributed by atoms with E-state index in [1.165, 1.54) is 44.9 Å². The lowest BCUT2D eigenvalue weighted by Crippen LogP contribution is -2.05. The van der Waals surface area contributed by atoms with E-state index in [0.29, 0.717) is 19.6 Å². The van der Waals surface area contributed by atoms with Crippen LogP contribution in [0.3, 0.4) is 0 Å². The SMILES string of the molecule is CCCCCCCCC(=O)OCCCCCCCCCO. The third-order valence-corrected chi connectivity index (χ3v) is 3.80. The first-order valence-electron chi connectivity index (χ1n) is 9.07. The van der Waals surface area contributed by atoms with Gasteiger partial charge in [0, 0.05) is 13.0 Å². The minimum atomic E-state index is -0.0200. The highest BCUT2D eigenvalue weighted by Crippen LogP contribution is 2.09. The topological polar surface area (TPSA) is 46.5 Å². The number of unbranched alkanes of at least 4 members (excludes halogenated alkanes) is 11. The summed E-state index contributed by atoms with van der Waals surface area (Å²) in [5, 5.41) is 8.66. The van der Waals surface area contributed by atoms with E-state index in [1.807, 2.05) is 0 Å². The third kappa shape index (κ3) is 17.4. The average Bonchev–Trinajstić information content (AvgIpc) is 2.49. The van der Waals surface area contributed by atoms with Crippen LogP contribution in [0.4, 0.5) is 0 Å². The molecule has 0 rings (SSSR count). The van der Waals surface area contributed by atoms with Crippen LogP contribution in [0, 0.1) is 0 Å². The third-order valence-electron chi connectivity index (χ3n) is 3.80. The number of aliphatic hydroxyl groups is 1. The Labute approximate surface area is 131 Å². The predicted octanol–water partition coefficient (Wildman–Crippen LogP) is 5.00. The van der Waals surface area contributed by atoms with Gasteiger partial charge >= 0.3 is 5.97 Å². The normalized spacial score (nSPS) is 10.8. The average molecular weight is 300 g/mol. The van der Waals surface area contributed by atoms with Gasteiger partial charge in [-0.1, -0.05) is 71.1 Å². The lowest BCUT2D eigenvalue weighted by Gasteiger charge is -2.05. The summed E-state index contributed by atoms with van der Waals surface area (Å²) in [6.45, 7) is 3.12. The van der Waals surface area contributed by atoms with E-state index >= 15 is 0 Å². The molecule has 0 unspecified atom stereocenters. The van der Waals surface area contributed by atoms with Crippen LogP contribution in [0.25, 0.3) is 0 Å². The molecule has 126 valence electrons.